The summed E-state index contributed by atoms with van der Waals surface area (Å²) in [6.45, 7) is 4.81. The largest absolute Gasteiger partial charge is 0.507 e. The van der Waals surface area contributed by atoms with Gasteiger partial charge in [0.25, 0.3) is 11.7 Å². The van der Waals surface area contributed by atoms with Gasteiger partial charge in [0, 0.05) is 18.7 Å². The maximum atomic E-state index is 13.0. The lowest BCUT2D eigenvalue weighted by Gasteiger charge is -2.26. The summed E-state index contributed by atoms with van der Waals surface area (Å²) in [4.78, 5) is 29.4. The van der Waals surface area contributed by atoms with Crippen molar-refractivity contribution in [1.82, 2.24) is 9.80 Å². The van der Waals surface area contributed by atoms with Gasteiger partial charge >= 0.3 is 0 Å². The number of aryl methyl sites for hydroxylation is 2. The van der Waals surface area contributed by atoms with Gasteiger partial charge in [-0.1, -0.05) is 29.8 Å². The van der Waals surface area contributed by atoms with Crippen LogP contribution in [0.5, 0.6) is 5.75 Å². The molecule has 2 aromatic carbocycles. The van der Waals surface area contributed by atoms with Crippen molar-refractivity contribution in [3.63, 3.8) is 0 Å². The number of likely N-dealkylation sites (tertiary alicyclic amines) is 1. The highest BCUT2D eigenvalue weighted by atomic mass is 16.5. The summed E-state index contributed by atoms with van der Waals surface area (Å²) in [6, 6.07) is 12.3. The fourth-order valence-electron chi connectivity index (χ4n) is 3.69. The number of carbonyl (C=O) groups is 2. The molecule has 3 rings (SSSR count). The van der Waals surface area contributed by atoms with Crippen LogP contribution in [-0.4, -0.2) is 60.9 Å². The highest BCUT2D eigenvalue weighted by Gasteiger charge is 2.45. The molecule has 30 heavy (non-hydrogen) atoms. The number of rotatable bonds is 6. The minimum atomic E-state index is -0.660. The Kier molecular flexibility index (Phi) is 6.27. The van der Waals surface area contributed by atoms with Crippen LogP contribution in [-0.2, 0) is 9.59 Å². The van der Waals surface area contributed by atoms with Crippen LogP contribution in [0.1, 0.15) is 28.3 Å². The van der Waals surface area contributed by atoms with E-state index in [0.717, 1.165) is 16.7 Å². The minimum Gasteiger partial charge on any atom is -0.507 e. The van der Waals surface area contributed by atoms with E-state index in [1.54, 1.807) is 30.2 Å². The van der Waals surface area contributed by atoms with Gasteiger partial charge in [-0.3, -0.25) is 9.59 Å². The number of hydrogen-bond donors (Lipinski definition) is 1. The summed E-state index contributed by atoms with van der Waals surface area (Å²) in [5, 5.41) is 11.2. The van der Waals surface area contributed by atoms with Gasteiger partial charge in [-0.05, 0) is 57.3 Å². The molecule has 1 heterocycles. The van der Waals surface area contributed by atoms with E-state index < -0.39 is 17.7 Å². The van der Waals surface area contributed by atoms with Crippen LogP contribution in [0.3, 0.4) is 0 Å². The van der Waals surface area contributed by atoms with Crippen LogP contribution in [0, 0.1) is 13.8 Å². The van der Waals surface area contributed by atoms with Crippen LogP contribution in [0.4, 0.5) is 0 Å². The molecule has 0 radical (unpaired) electrons. The van der Waals surface area contributed by atoms with Gasteiger partial charge < -0.3 is 19.6 Å². The number of nitrogens with zero attached hydrogens (tertiary/aromatic N) is 2. The highest BCUT2D eigenvalue weighted by Crippen LogP contribution is 2.40. The van der Waals surface area contributed by atoms with E-state index in [1.165, 1.54) is 0 Å². The second-order valence-corrected chi connectivity index (χ2v) is 7.89. The number of methoxy groups -OCH3 is 1. The molecule has 1 aliphatic rings. The van der Waals surface area contributed by atoms with Gasteiger partial charge in [0.15, 0.2) is 0 Å². The van der Waals surface area contributed by atoms with E-state index in [4.69, 9.17) is 4.74 Å². The third-order valence-electron chi connectivity index (χ3n) is 5.41. The van der Waals surface area contributed by atoms with Gasteiger partial charge in [0.05, 0.1) is 18.7 Å². The van der Waals surface area contributed by atoms with Gasteiger partial charge in [0.1, 0.15) is 11.5 Å². The molecule has 1 fully saturated rings. The van der Waals surface area contributed by atoms with Crippen LogP contribution < -0.4 is 4.74 Å². The first kappa shape index (κ1) is 21.6. The van der Waals surface area contributed by atoms with Crippen molar-refractivity contribution in [2.45, 2.75) is 19.9 Å². The number of ether oxygens (including phenoxy) is 1. The maximum Gasteiger partial charge on any atom is 0.295 e. The Hall–Kier alpha value is -3.12. The van der Waals surface area contributed by atoms with Crippen molar-refractivity contribution in [1.29, 1.82) is 0 Å². The van der Waals surface area contributed by atoms with E-state index in [-0.39, 0.29) is 11.3 Å². The zero-order valence-corrected chi connectivity index (χ0v) is 18.1. The van der Waals surface area contributed by atoms with Crippen LogP contribution in [0.25, 0.3) is 5.76 Å². The van der Waals surface area contributed by atoms with Crippen LogP contribution >= 0.6 is 0 Å². The molecule has 0 saturated carbocycles. The lowest BCUT2D eigenvalue weighted by atomic mass is 9.93. The van der Waals surface area contributed by atoms with Crippen molar-refractivity contribution < 1.29 is 19.4 Å². The lowest BCUT2D eigenvalue weighted by Crippen LogP contribution is -2.35. The Morgan fingerprint density at radius 1 is 1.10 bits per heavy atom. The average Bonchev–Trinajstić information content (AvgIpc) is 2.96. The van der Waals surface area contributed by atoms with Crippen LogP contribution in [0.15, 0.2) is 48.0 Å². The molecule has 6 nitrogen and oxygen atoms in total. The molecule has 0 bridgehead atoms. The molecule has 158 valence electrons. The first-order chi connectivity index (χ1) is 14.2. The van der Waals surface area contributed by atoms with Crippen molar-refractivity contribution in [3.8, 4) is 5.75 Å². The molecule has 0 spiro atoms. The molecular formula is C24H28N2O4. The van der Waals surface area contributed by atoms with Crippen molar-refractivity contribution >= 4 is 17.4 Å². The molecule has 1 amide bonds. The fraction of sp³-hybridized carbons (Fsp3) is 0.333. The lowest BCUT2D eigenvalue weighted by molar-refractivity contribution is -0.140. The van der Waals surface area contributed by atoms with Gasteiger partial charge in [0.2, 0.25) is 0 Å². The van der Waals surface area contributed by atoms with Gasteiger partial charge in [-0.25, -0.2) is 0 Å². The van der Waals surface area contributed by atoms with E-state index in [2.05, 4.69) is 0 Å². The molecule has 0 aromatic heterocycles. The Morgan fingerprint density at radius 3 is 2.33 bits per heavy atom. The Bertz CT molecular complexity index is 993. The Labute approximate surface area is 177 Å². The number of aliphatic hydroxyl groups is 1. The number of amides is 1. The zero-order chi connectivity index (χ0) is 22.0. The third kappa shape index (κ3) is 4.09. The summed E-state index contributed by atoms with van der Waals surface area (Å²) < 4.78 is 5.23. The zero-order valence-electron chi connectivity index (χ0n) is 18.1. The standard InChI is InChI=1S/C24H28N2O4/c1-15-6-8-17(9-7-15)21-20(23(28)24(29)26(21)13-12-25(3)4)22(27)19-11-10-18(30-5)14-16(19)2/h6-11,14,21,27H,12-13H2,1-5H3/b22-20+. The first-order valence-electron chi connectivity index (χ1n) is 9.89. The van der Waals surface area contributed by atoms with Crippen molar-refractivity contribution in [2.24, 2.45) is 0 Å². The number of aliphatic hydroxyl groups excluding tert-OH is 1. The summed E-state index contributed by atoms with van der Waals surface area (Å²) in [7, 11) is 5.40. The van der Waals surface area contributed by atoms with Crippen molar-refractivity contribution in [3.05, 3.63) is 70.3 Å². The SMILES string of the molecule is COc1ccc(/C(O)=C2\C(=O)C(=O)N(CCN(C)C)C2c2ccc(C)cc2)c(C)c1. The summed E-state index contributed by atoms with van der Waals surface area (Å²) in [6.07, 6.45) is 0. The molecular weight excluding hydrogens is 380 g/mol. The highest BCUT2D eigenvalue weighted by molar-refractivity contribution is 6.46. The van der Waals surface area contributed by atoms with Gasteiger partial charge in [-0.2, -0.15) is 0 Å². The molecule has 1 atom stereocenters. The van der Waals surface area contributed by atoms with E-state index >= 15 is 0 Å². The summed E-state index contributed by atoms with van der Waals surface area (Å²) in [5.74, 6) is -0.751. The molecule has 6 heteroatoms. The smallest absolute Gasteiger partial charge is 0.295 e. The second kappa shape index (κ2) is 8.71. The molecule has 2 aromatic rings. The molecule has 1 saturated heterocycles. The number of hydrogen-bond acceptors (Lipinski definition) is 5. The van der Waals surface area contributed by atoms with E-state index in [9.17, 15) is 14.7 Å². The Balaban J connectivity index is 2.16. The normalized spacial score (nSPS) is 18.3. The average molecular weight is 408 g/mol. The predicted molar refractivity (Wildman–Crippen MR) is 116 cm³/mol. The number of likely N-dealkylation sites (N-methyl/N-ethyl adjacent to an activating group) is 1. The summed E-state index contributed by atoms with van der Waals surface area (Å²) >= 11 is 0. The number of Topliss-reactive ketones (excluding diaryl/α,β-unsaturated/α-hetero) is 1. The van der Waals surface area contributed by atoms with E-state index in [1.807, 2.05) is 57.1 Å². The predicted octanol–water partition coefficient (Wildman–Crippen LogP) is 3.30. The van der Waals surface area contributed by atoms with Gasteiger partial charge in [-0.15, -0.1) is 0 Å². The number of carbonyl (C=O) groups excluding carboxylic acids is 2. The molecule has 1 N–H and O–H groups in total. The number of ketones is 1. The number of benzene rings is 2. The molecule has 1 unspecified atom stereocenters. The maximum absolute atomic E-state index is 13.0. The summed E-state index contributed by atoms with van der Waals surface area (Å²) in [5.41, 5.74) is 3.27. The Morgan fingerprint density at radius 2 is 1.77 bits per heavy atom. The fourth-order valence-corrected chi connectivity index (χ4v) is 3.69. The second-order valence-electron chi connectivity index (χ2n) is 7.89. The quantitative estimate of drug-likeness (QED) is 0.451. The van der Waals surface area contributed by atoms with E-state index in [0.29, 0.717) is 24.4 Å². The molecule has 0 aliphatic carbocycles. The molecule has 1 aliphatic heterocycles. The minimum absolute atomic E-state index is 0.121. The van der Waals surface area contributed by atoms with Crippen LogP contribution in [0.2, 0.25) is 0 Å². The topological polar surface area (TPSA) is 70.1 Å². The van der Waals surface area contributed by atoms with Crippen molar-refractivity contribution in [2.75, 3.05) is 34.3 Å². The first-order valence-corrected chi connectivity index (χ1v) is 9.89. The third-order valence-corrected chi connectivity index (χ3v) is 5.41. The monoisotopic (exact) mass is 408 g/mol.